The van der Waals surface area contributed by atoms with E-state index < -0.39 is 8.07 Å². The zero-order valence-electron chi connectivity index (χ0n) is 13.3. The summed E-state index contributed by atoms with van der Waals surface area (Å²) in [5, 5.41) is 3.46. The second kappa shape index (κ2) is 5.53. The van der Waals surface area contributed by atoms with Crippen molar-refractivity contribution >= 4 is 35.9 Å². The van der Waals surface area contributed by atoms with E-state index in [4.69, 9.17) is 11.6 Å². The van der Waals surface area contributed by atoms with Crippen LogP contribution in [0.15, 0.2) is 18.5 Å². The Morgan fingerprint density at radius 1 is 1.05 bits per heavy atom. The number of H-pyrrole nitrogens is 1. The summed E-state index contributed by atoms with van der Waals surface area (Å²) >= 11 is 6.63. The van der Waals surface area contributed by atoms with Crippen LogP contribution in [-0.4, -0.2) is 18.0 Å². The minimum Gasteiger partial charge on any atom is -0.346 e. The van der Waals surface area contributed by atoms with E-state index >= 15 is 0 Å². The lowest BCUT2D eigenvalue weighted by Crippen LogP contribution is -2.56. The summed E-state index contributed by atoms with van der Waals surface area (Å²) in [6.45, 7) is 14.2. The maximum absolute atomic E-state index is 6.63. The number of rotatable bonds is 4. The van der Waals surface area contributed by atoms with Gasteiger partial charge in [0.15, 0.2) is 0 Å². The van der Waals surface area contributed by atoms with Gasteiger partial charge in [0.25, 0.3) is 0 Å². The molecule has 20 heavy (non-hydrogen) atoms. The molecule has 0 aliphatic rings. The second-order valence-electron chi connectivity index (χ2n) is 6.62. The van der Waals surface area contributed by atoms with E-state index in [1.165, 1.54) is 10.6 Å². The minimum atomic E-state index is -1.77. The van der Waals surface area contributed by atoms with Gasteiger partial charge in [0.05, 0.1) is 13.1 Å². The van der Waals surface area contributed by atoms with Crippen molar-refractivity contribution in [1.82, 2.24) is 9.97 Å². The fourth-order valence-electron chi connectivity index (χ4n) is 4.29. The van der Waals surface area contributed by atoms with Crippen molar-refractivity contribution in [2.75, 3.05) is 0 Å². The molecule has 0 unspecified atom stereocenters. The standard InChI is InChI=1S/C16H25ClN2Si/c1-10(2)20(11(3)4,12(5)6)15-13-7-8-18-16(13)19-9-14(15)17/h7-12H,1-6H3,(H,18,19). The summed E-state index contributed by atoms with van der Waals surface area (Å²) in [7, 11) is -1.77. The lowest BCUT2D eigenvalue weighted by Gasteiger charge is -2.44. The van der Waals surface area contributed by atoms with E-state index in [9.17, 15) is 0 Å². The third kappa shape index (κ3) is 2.11. The van der Waals surface area contributed by atoms with Crippen LogP contribution in [0.25, 0.3) is 11.0 Å². The highest BCUT2D eigenvalue weighted by atomic mass is 35.5. The zero-order valence-corrected chi connectivity index (χ0v) is 15.0. The smallest absolute Gasteiger partial charge is 0.137 e. The van der Waals surface area contributed by atoms with Gasteiger partial charge in [-0.3, -0.25) is 0 Å². The molecule has 2 heterocycles. The van der Waals surface area contributed by atoms with Crippen LogP contribution >= 0.6 is 11.6 Å². The number of fused-ring (bicyclic) bond motifs is 1. The summed E-state index contributed by atoms with van der Waals surface area (Å²) in [4.78, 5) is 7.66. The molecule has 0 aliphatic carbocycles. The third-order valence-electron chi connectivity index (χ3n) is 4.84. The number of hydrogen-bond acceptors (Lipinski definition) is 1. The molecule has 0 bridgehead atoms. The predicted octanol–water partition coefficient (Wildman–Crippen LogP) is 5.10. The van der Waals surface area contributed by atoms with Gasteiger partial charge >= 0.3 is 0 Å². The van der Waals surface area contributed by atoms with Crippen LogP contribution in [0.4, 0.5) is 0 Å². The fourth-order valence-corrected chi connectivity index (χ4v) is 11.8. The van der Waals surface area contributed by atoms with Gasteiger partial charge in [-0.15, -0.1) is 0 Å². The average Bonchev–Trinajstić information content (AvgIpc) is 2.79. The van der Waals surface area contributed by atoms with Crippen molar-refractivity contribution in [2.45, 2.75) is 58.2 Å². The second-order valence-corrected chi connectivity index (χ2v) is 12.9. The van der Waals surface area contributed by atoms with Gasteiger partial charge in [0, 0.05) is 17.8 Å². The molecule has 110 valence electrons. The van der Waals surface area contributed by atoms with Crippen LogP contribution in [0.5, 0.6) is 0 Å². The Bertz CT molecular complexity index is 580. The Morgan fingerprint density at radius 2 is 1.60 bits per heavy atom. The van der Waals surface area contributed by atoms with Gasteiger partial charge in [-0.25, -0.2) is 4.98 Å². The first-order chi connectivity index (χ1) is 9.33. The highest BCUT2D eigenvalue weighted by molar-refractivity contribution is 6.97. The van der Waals surface area contributed by atoms with Crippen molar-refractivity contribution < 1.29 is 0 Å². The van der Waals surface area contributed by atoms with E-state index in [1.54, 1.807) is 0 Å². The van der Waals surface area contributed by atoms with E-state index in [-0.39, 0.29) is 0 Å². The highest BCUT2D eigenvalue weighted by Gasteiger charge is 2.46. The molecule has 0 saturated carbocycles. The molecule has 2 rings (SSSR count). The molecule has 2 aromatic rings. The van der Waals surface area contributed by atoms with E-state index in [0.29, 0.717) is 16.6 Å². The maximum Gasteiger partial charge on any atom is 0.137 e. The first-order valence-corrected chi connectivity index (χ1v) is 10.1. The van der Waals surface area contributed by atoms with Crippen LogP contribution in [-0.2, 0) is 0 Å². The molecule has 0 aromatic carbocycles. The summed E-state index contributed by atoms with van der Waals surface area (Å²) in [6, 6.07) is 2.14. The molecule has 0 saturated heterocycles. The summed E-state index contributed by atoms with van der Waals surface area (Å²) in [5.74, 6) is 0. The largest absolute Gasteiger partial charge is 0.346 e. The molecule has 0 radical (unpaired) electrons. The lowest BCUT2D eigenvalue weighted by molar-refractivity contribution is 0.836. The van der Waals surface area contributed by atoms with E-state index in [0.717, 1.165) is 10.7 Å². The van der Waals surface area contributed by atoms with Gasteiger partial charge in [0.2, 0.25) is 0 Å². The number of aromatic nitrogens is 2. The molecular formula is C16H25ClN2Si. The van der Waals surface area contributed by atoms with Crippen LogP contribution in [0.1, 0.15) is 41.5 Å². The first-order valence-electron chi connectivity index (χ1n) is 7.45. The van der Waals surface area contributed by atoms with Crippen molar-refractivity contribution in [2.24, 2.45) is 0 Å². The topological polar surface area (TPSA) is 28.7 Å². The Morgan fingerprint density at radius 3 is 2.10 bits per heavy atom. The van der Waals surface area contributed by atoms with Crippen molar-refractivity contribution in [3.8, 4) is 0 Å². The van der Waals surface area contributed by atoms with Crippen molar-refractivity contribution in [3.63, 3.8) is 0 Å². The monoisotopic (exact) mass is 308 g/mol. The lowest BCUT2D eigenvalue weighted by atomic mass is 10.3. The molecule has 0 atom stereocenters. The number of hydrogen-bond donors (Lipinski definition) is 1. The van der Waals surface area contributed by atoms with Gasteiger partial charge in [0.1, 0.15) is 5.65 Å². The van der Waals surface area contributed by atoms with Crippen LogP contribution in [0.2, 0.25) is 21.6 Å². The highest BCUT2D eigenvalue weighted by Crippen LogP contribution is 2.43. The normalized spacial score (nSPS) is 13.1. The molecule has 2 nitrogen and oxygen atoms in total. The number of halogens is 1. The average molecular weight is 309 g/mol. The zero-order chi connectivity index (χ0) is 15.1. The van der Waals surface area contributed by atoms with Gasteiger partial charge in [-0.05, 0) is 27.9 Å². The third-order valence-corrected chi connectivity index (χ3v) is 12.4. The molecule has 0 fully saturated rings. The number of aromatic amines is 1. The minimum absolute atomic E-state index is 0.639. The molecular weight excluding hydrogens is 284 g/mol. The predicted molar refractivity (Wildman–Crippen MR) is 91.8 cm³/mol. The molecule has 0 aliphatic heterocycles. The van der Waals surface area contributed by atoms with Gasteiger partial charge in [-0.1, -0.05) is 53.1 Å². The molecule has 4 heteroatoms. The summed E-state index contributed by atoms with van der Waals surface area (Å²) in [5.41, 5.74) is 2.88. The molecule has 1 N–H and O–H groups in total. The Labute approximate surface area is 128 Å². The van der Waals surface area contributed by atoms with Crippen LogP contribution < -0.4 is 5.19 Å². The molecule has 0 amide bonds. The Balaban J connectivity index is 2.87. The number of nitrogens with zero attached hydrogens (tertiary/aromatic N) is 1. The summed E-state index contributed by atoms with van der Waals surface area (Å²) in [6.07, 6.45) is 3.79. The SMILES string of the molecule is CC(C)[Si](c1c(Cl)cnc2[nH]ccc12)(C(C)C)C(C)C. The number of pyridine rings is 1. The van der Waals surface area contributed by atoms with Gasteiger partial charge < -0.3 is 4.98 Å². The van der Waals surface area contributed by atoms with E-state index in [1.807, 2.05) is 12.4 Å². The maximum atomic E-state index is 6.63. The quantitative estimate of drug-likeness (QED) is 0.782. The fraction of sp³-hybridized carbons (Fsp3) is 0.562. The Kier molecular flexibility index (Phi) is 4.31. The molecule has 0 spiro atoms. The van der Waals surface area contributed by atoms with Crippen LogP contribution in [0.3, 0.4) is 0 Å². The van der Waals surface area contributed by atoms with Gasteiger partial charge in [-0.2, -0.15) is 0 Å². The summed E-state index contributed by atoms with van der Waals surface area (Å²) < 4.78 is 0. The van der Waals surface area contributed by atoms with E-state index in [2.05, 4.69) is 57.6 Å². The van der Waals surface area contributed by atoms with Crippen molar-refractivity contribution in [1.29, 1.82) is 0 Å². The first kappa shape index (κ1) is 15.6. The van der Waals surface area contributed by atoms with Crippen molar-refractivity contribution in [3.05, 3.63) is 23.5 Å². The Hall–Kier alpha value is -0.803. The van der Waals surface area contributed by atoms with Crippen LogP contribution in [0, 0.1) is 0 Å². The molecule has 2 aromatic heterocycles. The number of nitrogens with one attached hydrogen (secondary N) is 1.